The van der Waals surface area contributed by atoms with Crippen molar-refractivity contribution in [3.63, 3.8) is 0 Å². The minimum absolute atomic E-state index is 0.291. The molecule has 1 heterocycles. The Labute approximate surface area is 134 Å². The van der Waals surface area contributed by atoms with Gasteiger partial charge in [0, 0.05) is 28.2 Å². The van der Waals surface area contributed by atoms with E-state index in [0.717, 1.165) is 11.1 Å². The average Bonchev–Trinajstić information content (AvgIpc) is 2.61. The number of benzene rings is 2. The molecular weight excluding hydrogens is 284 g/mol. The first-order valence-corrected chi connectivity index (χ1v) is 7.06. The summed E-state index contributed by atoms with van der Waals surface area (Å²) in [6.07, 6.45) is 0. The van der Waals surface area contributed by atoms with E-state index < -0.39 is 0 Å². The second kappa shape index (κ2) is 6.93. The van der Waals surface area contributed by atoms with Crippen molar-refractivity contribution < 1.29 is 4.85 Å². The highest BCUT2D eigenvalue weighted by Gasteiger charge is 2.04. The molecule has 0 aliphatic rings. The Kier molecular flexibility index (Phi) is 4.34. The van der Waals surface area contributed by atoms with Crippen LogP contribution in [-0.2, 0) is 0 Å². The van der Waals surface area contributed by atoms with Crippen LogP contribution in [0.15, 0.2) is 72.8 Å². The van der Waals surface area contributed by atoms with Gasteiger partial charge in [-0.2, -0.15) is 0 Å². The van der Waals surface area contributed by atoms with Crippen molar-refractivity contribution in [1.82, 2.24) is 5.10 Å². The molecule has 0 aliphatic heterocycles. The molecule has 3 nitrogen and oxygen atoms in total. The maximum atomic E-state index is 11.9. The molecular formula is C20H12N2O. The van der Waals surface area contributed by atoms with Crippen LogP contribution in [0.4, 0.5) is 0 Å². The first-order valence-electron chi connectivity index (χ1n) is 7.06. The standard InChI is InChI=1S/C20H12N2O/c23-22-20(15-12-18-9-5-2-6-10-18)16-14-19(21-22)13-11-17-7-3-1-4-8-17/h1-10,14,16H. The van der Waals surface area contributed by atoms with Gasteiger partial charge in [-0.1, -0.05) is 48.2 Å². The summed E-state index contributed by atoms with van der Waals surface area (Å²) in [5.74, 6) is 11.6. The molecule has 3 heteroatoms. The minimum atomic E-state index is 0.291. The summed E-state index contributed by atoms with van der Waals surface area (Å²) in [7, 11) is 0. The van der Waals surface area contributed by atoms with Gasteiger partial charge in [-0.3, -0.25) is 0 Å². The molecule has 3 aromatic rings. The monoisotopic (exact) mass is 296 g/mol. The van der Waals surface area contributed by atoms with Crippen LogP contribution < -0.4 is 4.85 Å². The van der Waals surface area contributed by atoms with Crippen LogP contribution in [0.5, 0.6) is 0 Å². The third kappa shape index (κ3) is 3.97. The summed E-state index contributed by atoms with van der Waals surface area (Å²) in [4.78, 5) is 0.505. The normalized spacial score (nSPS) is 9.22. The van der Waals surface area contributed by atoms with Gasteiger partial charge in [0.15, 0.2) is 5.69 Å². The van der Waals surface area contributed by atoms with E-state index in [-0.39, 0.29) is 0 Å². The molecule has 1 aromatic heterocycles. The summed E-state index contributed by atoms with van der Waals surface area (Å²) in [6.45, 7) is 0. The van der Waals surface area contributed by atoms with Gasteiger partial charge in [0.25, 0.3) is 5.69 Å². The zero-order valence-electron chi connectivity index (χ0n) is 12.2. The number of hydrogen-bond donors (Lipinski definition) is 0. The lowest BCUT2D eigenvalue weighted by Gasteiger charge is -1.95. The summed E-state index contributed by atoms with van der Waals surface area (Å²) in [6, 6.07) is 22.4. The van der Waals surface area contributed by atoms with E-state index in [1.54, 1.807) is 12.1 Å². The van der Waals surface area contributed by atoms with E-state index in [0.29, 0.717) is 16.2 Å². The third-order valence-electron chi connectivity index (χ3n) is 3.02. The molecule has 0 amide bonds. The lowest BCUT2D eigenvalue weighted by atomic mass is 10.2. The molecule has 0 fully saturated rings. The highest BCUT2D eigenvalue weighted by atomic mass is 16.5. The SMILES string of the molecule is [O-][n+]1nc(C#Cc2ccccc2)ccc1C#Cc1ccccc1. The molecule has 0 unspecified atom stereocenters. The molecule has 0 radical (unpaired) electrons. The van der Waals surface area contributed by atoms with Crippen molar-refractivity contribution in [3.8, 4) is 23.7 Å². The Bertz CT molecular complexity index is 927. The fraction of sp³-hybridized carbons (Fsp3) is 0. The van der Waals surface area contributed by atoms with Crippen molar-refractivity contribution in [2.24, 2.45) is 0 Å². The molecule has 23 heavy (non-hydrogen) atoms. The van der Waals surface area contributed by atoms with Gasteiger partial charge >= 0.3 is 0 Å². The van der Waals surface area contributed by atoms with E-state index in [1.165, 1.54) is 0 Å². The van der Waals surface area contributed by atoms with Crippen molar-refractivity contribution in [1.29, 1.82) is 0 Å². The van der Waals surface area contributed by atoms with E-state index in [1.807, 2.05) is 60.7 Å². The zero-order chi connectivity index (χ0) is 15.9. The largest absolute Gasteiger partial charge is 0.593 e. The van der Waals surface area contributed by atoms with Gasteiger partial charge < -0.3 is 5.21 Å². The van der Waals surface area contributed by atoms with Gasteiger partial charge in [-0.15, -0.1) is 0 Å². The van der Waals surface area contributed by atoms with Crippen LogP contribution in [0.25, 0.3) is 0 Å². The highest BCUT2D eigenvalue weighted by molar-refractivity contribution is 5.41. The molecule has 0 bridgehead atoms. The highest BCUT2D eigenvalue weighted by Crippen LogP contribution is 1.98. The smallest absolute Gasteiger partial charge is 0.295 e. The van der Waals surface area contributed by atoms with E-state index in [9.17, 15) is 5.21 Å². The lowest BCUT2D eigenvalue weighted by Crippen LogP contribution is -2.35. The quantitative estimate of drug-likeness (QED) is 0.363. The van der Waals surface area contributed by atoms with Crippen molar-refractivity contribution >= 4 is 0 Å². The molecule has 0 saturated heterocycles. The van der Waals surface area contributed by atoms with Gasteiger partial charge in [-0.05, 0) is 41.1 Å². The van der Waals surface area contributed by atoms with Gasteiger partial charge in [0.1, 0.15) is 0 Å². The number of nitrogens with zero attached hydrogens (tertiary/aromatic N) is 2. The average molecular weight is 296 g/mol. The van der Waals surface area contributed by atoms with Crippen LogP contribution in [-0.4, -0.2) is 5.10 Å². The maximum absolute atomic E-state index is 11.9. The molecule has 0 N–H and O–H groups in total. The van der Waals surface area contributed by atoms with E-state index in [4.69, 9.17) is 0 Å². The lowest BCUT2D eigenvalue weighted by molar-refractivity contribution is -0.671. The first kappa shape index (κ1) is 14.4. The fourth-order valence-electron chi connectivity index (χ4n) is 1.88. The van der Waals surface area contributed by atoms with Crippen LogP contribution in [0.1, 0.15) is 22.5 Å². The molecule has 108 valence electrons. The van der Waals surface area contributed by atoms with Crippen LogP contribution in [0.3, 0.4) is 0 Å². The summed E-state index contributed by atoms with van der Waals surface area (Å²) < 4.78 is 0. The summed E-state index contributed by atoms with van der Waals surface area (Å²) >= 11 is 0. The summed E-state index contributed by atoms with van der Waals surface area (Å²) in [5, 5.41) is 15.8. The Balaban J connectivity index is 1.82. The Morgan fingerprint density at radius 2 is 1.22 bits per heavy atom. The van der Waals surface area contributed by atoms with Gasteiger partial charge in [0.2, 0.25) is 0 Å². The number of aromatic nitrogens is 2. The number of hydrogen-bond acceptors (Lipinski definition) is 2. The first-order chi connectivity index (χ1) is 11.3. The predicted molar refractivity (Wildman–Crippen MR) is 88.0 cm³/mol. The second-order valence-corrected chi connectivity index (χ2v) is 4.71. The molecule has 3 rings (SSSR count). The molecule has 0 spiro atoms. The van der Waals surface area contributed by atoms with Crippen LogP contribution in [0.2, 0.25) is 0 Å². The molecule has 0 aliphatic carbocycles. The zero-order valence-corrected chi connectivity index (χ0v) is 12.2. The van der Waals surface area contributed by atoms with Gasteiger partial charge in [0.05, 0.1) is 0 Å². The van der Waals surface area contributed by atoms with Crippen LogP contribution in [0, 0.1) is 28.9 Å². The van der Waals surface area contributed by atoms with Crippen molar-refractivity contribution in [2.45, 2.75) is 0 Å². The fourth-order valence-corrected chi connectivity index (χ4v) is 1.88. The second-order valence-electron chi connectivity index (χ2n) is 4.71. The Hall–Kier alpha value is -3.56. The van der Waals surface area contributed by atoms with Crippen molar-refractivity contribution in [2.75, 3.05) is 0 Å². The summed E-state index contributed by atoms with van der Waals surface area (Å²) in [5.41, 5.74) is 2.42. The molecule has 2 aromatic carbocycles. The third-order valence-corrected chi connectivity index (χ3v) is 3.02. The Morgan fingerprint density at radius 3 is 1.78 bits per heavy atom. The van der Waals surface area contributed by atoms with Gasteiger partial charge in [-0.25, -0.2) is 0 Å². The van der Waals surface area contributed by atoms with E-state index >= 15 is 0 Å². The predicted octanol–water partition coefficient (Wildman–Crippen LogP) is 2.51. The minimum Gasteiger partial charge on any atom is -0.593 e. The maximum Gasteiger partial charge on any atom is 0.295 e. The van der Waals surface area contributed by atoms with Crippen molar-refractivity contribution in [3.05, 3.63) is 101 Å². The van der Waals surface area contributed by atoms with Crippen LogP contribution >= 0.6 is 0 Å². The number of rotatable bonds is 0. The Morgan fingerprint density at radius 1 is 0.652 bits per heavy atom. The van der Waals surface area contributed by atoms with E-state index in [2.05, 4.69) is 28.8 Å². The molecule has 0 atom stereocenters. The topological polar surface area (TPSA) is 39.8 Å². The molecule has 0 saturated carbocycles.